The van der Waals surface area contributed by atoms with Gasteiger partial charge in [0, 0.05) is 56.5 Å². The first-order chi connectivity index (χ1) is 15.2. The van der Waals surface area contributed by atoms with Crippen LogP contribution in [0.2, 0.25) is 0 Å². The molecule has 6 heteroatoms. The normalized spacial score (nSPS) is 19.6. The molecule has 2 aliphatic rings. The van der Waals surface area contributed by atoms with Gasteiger partial charge in [0.2, 0.25) is 0 Å². The van der Waals surface area contributed by atoms with Crippen molar-refractivity contribution in [2.75, 3.05) is 43.4 Å². The van der Waals surface area contributed by atoms with Crippen LogP contribution in [-0.4, -0.2) is 61.2 Å². The number of pyridine rings is 1. The van der Waals surface area contributed by atoms with E-state index in [0.717, 1.165) is 50.0 Å². The highest BCUT2D eigenvalue weighted by atomic mass is 16.1. The van der Waals surface area contributed by atoms with Crippen LogP contribution in [0, 0.1) is 0 Å². The predicted molar refractivity (Wildman–Crippen MR) is 126 cm³/mol. The van der Waals surface area contributed by atoms with Crippen LogP contribution in [0.3, 0.4) is 0 Å². The van der Waals surface area contributed by atoms with Crippen molar-refractivity contribution in [2.45, 2.75) is 45.1 Å². The zero-order valence-corrected chi connectivity index (χ0v) is 18.9. The standard InChI is InChI=1S/C23H28N4O2.C2H6/c1-24-20-5-2-4-18-19-16-26(13-9-21(19)27(14-15-28)23(18)20)12-3-6-22(29)17-7-10-25-11-8-17;1-2/h2,4-5,7-8,10-11,15,19,21,24H,3,6,9,12-14,16H2,1H3;1-2H3. The Labute approximate surface area is 185 Å². The van der Waals surface area contributed by atoms with Crippen molar-refractivity contribution in [1.29, 1.82) is 0 Å². The lowest BCUT2D eigenvalue weighted by atomic mass is 9.88. The molecule has 2 unspecified atom stereocenters. The molecular formula is C25H34N4O2. The molecule has 0 spiro atoms. The zero-order valence-electron chi connectivity index (χ0n) is 18.9. The van der Waals surface area contributed by atoms with Crippen LogP contribution < -0.4 is 10.2 Å². The summed E-state index contributed by atoms with van der Waals surface area (Å²) in [7, 11) is 1.93. The van der Waals surface area contributed by atoms with Crippen LogP contribution in [-0.2, 0) is 4.79 Å². The number of aldehydes is 1. The quantitative estimate of drug-likeness (QED) is 0.513. The number of hydrogen-bond donors (Lipinski definition) is 1. The molecule has 1 aromatic carbocycles. The SMILES string of the molecule is CC.CNc1cccc2c1N(CC=O)C1CCN(CCCC(=O)c3ccncc3)CC21. The maximum absolute atomic E-state index is 12.3. The van der Waals surface area contributed by atoms with Gasteiger partial charge in [-0.2, -0.15) is 0 Å². The first kappa shape index (κ1) is 22.9. The van der Waals surface area contributed by atoms with Gasteiger partial charge in [-0.3, -0.25) is 9.78 Å². The molecule has 1 fully saturated rings. The van der Waals surface area contributed by atoms with Crippen LogP contribution >= 0.6 is 0 Å². The Morgan fingerprint density at radius 3 is 2.71 bits per heavy atom. The Balaban J connectivity index is 0.00000132. The van der Waals surface area contributed by atoms with E-state index < -0.39 is 0 Å². The summed E-state index contributed by atoms with van der Waals surface area (Å²) in [4.78, 5) is 32.4. The number of rotatable bonds is 8. The molecule has 0 bridgehead atoms. The molecule has 0 saturated carbocycles. The average molecular weight is 423 g/mol. The zero-order chi connectivity index (χ0) is 22.2. The van der Waals surface area contributed by atoms with Crippen molar-refractivity contribution in [3.63, 3.8) is 0 Å². The number of anilines is 2. The molecule has 1 N–H and O–H groups in total. The van der Waals surface area contributed by atoms with Crippen LogP contribution in [0.5, 0.6) is 0 Å². The number of fused-ring (bicyclic) bond motifs is 3. The summed E-state index contributed by atoms with van der Waals surface area (Å²) < 4.78 is 0. The number of nitrogens with zero attached hydrogens (tertiary/aromatic N) is 3. The molecule has 31 heavy (non-hydrogen) atoms. The molecule has 166 valence electrons. The summed E-state index contributed by atoms with van der Waals surface area (Å²) >= 11 is 0. The average Bonchev–Trinajstić information content (AvgIpc) is 3.14. The Morgan fingerprint density at radius 1 is 1.23 bits per heavy atom. The van der Waals surface area contributed by atoms with Crippen molar-refractivity contribution in [3.05, 3.63) is 53.9 Å². The predicted octanol–water partition coefficient (Wildman–Crippen LogP) is 3.99. The van der Waals surface area contributed by atoms with E-state index in [-0.39, 0.29) is 5.78 Å². The maximum Gasteiger partial charge on any atom is 0.163 e. The summed E-state index contributed by atoms with van der Waals surface area (Å²) in [6, 6.07) is 10.3. The third-order valence-corrected chi connectivity index (χ3v) is 6.24. The van der Waals surface area contributed by atoms with Gasteiger partial charge in [-0.05, 0) is 43.1 Å². The van der Waals surface area contributed by atoms with E-state index >= 15 is 0 Å². The molecule has 2 aromatic rings. The van der Waals surface area contributed by atoms with Crippen LogP contribution in [0.25, 0.3) is 0 Å². The van der Waals surface area contributed by atoms with Gasteiger partial charge in [-0.1, -0.05) is 26.0 Å². The van der Waals surface area contributed by atoms with Gasteiger partial charge >= 0.3 is 0 Å². The van der Waals surface area contributed by atoms with E-state index in [1.54, 1.807) is 24.5 Å². The highest BCUT2D eigenvalue weighted by molar-refractivity contribution is 5.95. The van der Waals surface area contributed by atoms with Gasteiger partial charge in [0.05, 0.1) is 17.9 Å². The maximum atomic E-state index is 12.3. The number of aromatic nitrogens is 1. The Bertz CT molecular complexity index is 871. The van der Waals surface area contributed by atoms with Crippen molar-refractivity contribution >= 4 is 23.4 Å². The Kier molecular flexibility index (Phi) is 8.18. The third-order valence-electron chi connectivity index (χ3n) is 6.24. The number of Topliss-reactive ketones (excluding diaryl/α,β-unsaturated/α-hetero) is 1. The van der Waals surface area contributed by atoms with E-state index in [1.165, 1.54) is 11.3 Å². The van der Waals surface area contributed by atoms with E-state index in [2.05, 4.69) is 38.3 Å². The largest absolute Gasteiger partial charge is 0.386 e. The third kappa shape index (κ3) is 4.96. The van der Waals surface area contributed by atoms with Crippen LogP contribution in [0.15, 0.2) is 42.7 Å². The van der Waals surface area contributed by atoms with E-state index in [1.807, 2.05) is 20.9 Å². The minimum atomic E-state index is 0.185. The molecule has 1 saturated heterocycles. The second kappa shape index (κ2) is 11.0. The number of likely N-dealkylation sites (tertiary alicyclic amines) is 1. The molecule has 6 nitrogen and oxygen atoms in total. The second-order valence-electron chi connectivity index (χ2n) is 7.84. The number of piperidine rings is 1. The molecule has 0 radical (unpaired) electrons. The van der Waals surface area contributed by atoms with Gasteiger partial charge in [0.15, 0.2) is 5.78 Å². The molecule has 0 aliphatic carbocycles. The fraction of sp³-hybridized carbons (Fsp3) is 0.480. The fourth-order valence-corrected chi connectivity index (χ4v) is 4.89. The molecule has 2 atom stereocenters. The monoisotopic (exact) mass is 422 g/mol. The highest BCUT2D eigenvalue weighted by Gasteiger charge is 2.42. The summed E-state index contributed by atoms with van der Waals surface area (Å²) in [5.74, 6) is 0.590. The van der Waals surface area contributed by atoms with E-state index in [4.69, 9.17) is 0 Å². The molecule has 2 aliphatic heterocycles. The summed E-state index contributed by atoms with van der Waals surface area (Å²) in [5.41, 5.74) is 4.36. The number of benzene rings is 1. The molecule has 3 heterocycles. The molecule has 1 aromatic heterocycles. The van der Waals surface area contributed by atoms with Gasteiger partial charge in [0.25, 0.3) is 0 Å². The summed E-state index contributed by atoms with van der Waals surface area (Å²) in [6.45, 7) is 7.34. The van der Waals surface area contributed by atoms with Crippen LogP contribution in [0.1, 0.15) is 54.9 Å². The first-order valence-electron chi connectivity index (χ1n) is 11.4. The lowest BCUT2D eigenvalue weighted by molar-refractivity contribution is -0.106. The van der Waals surface area contributed by atoms with Gasteiger partial charge in [-0.25, -0.2) is 0 Å². The first-order valence-corrected chi connectivity index (χ1v) is 11.4. The number of hydrogen-bond acceptors (Lipinski definition) is 6. The molecule has 0 amide bonds. The lowest BCUT2D eigenvalue weighted by Crippen LogP contribution is -2.47. The Hall–Kier alpha value is -2.73. The molecular weight excluding hydrogens is 388 g/mol. The Morgan fingerprint density at radius 2 is 2.00 bits per heavy atom. The minimum Gasteiger partial charge on any atom is -0.386 e. The number of ketones is 1. The van der Waals surface area contributed by atoms with Crippen molar-refractivity contribution in [1.82, 2.24) is 9.88 Å². The number of carbonyl (C=O) groups excluding carboxylic acids is 2. The minimum absolute atomic E-state index is 0.185. The van der Waals surface area contributed by atoms with Gasteiger partial charge in [0.1, 0.15) is 6.29 Å². The number of para-hydroxylation sites is 1. The van der Waals surface area contributed by atoms with Gasteiger partial charge in [-0.15, -0.1) is 0 Å². The van der Waals surface area contributed by atoms with Crippen molar-refractivity contribution < 1.29 is 9.59 Å². The summed E-state index contributed by atoms with van der Waals surface area (Å²) in [6.07, 6.45) is 6.80. The smallest absolute Gasteiger partial charge is 0.163 e. The summed E-state index contributed by atoms with van der Waals surface area (Å²) in [5, 5.41) is 3.29. The second-order valence-corrected chi connectivity index (χ2v) is 7.84. The van der Waals surface area contributed by atoms with Crippen molar-refractivity contribution in [2.24, 2.45) is 0 Å². The highest BCUT2D eigenvalue weighted by Crippen LogP contribution is 2.47. The van der Waals surface area contributed by atoms with E-state index in [0.29, 0.717) is 24.9 Å². The van der Waals surface area contributed by atoms with Gasteiger partial charge < -0.3 is 19.9 Å². The number of nitrogens with one attached hydrogen (secondary N) is 1. The van der Waals surface area contributed by atoms with Crippen molar-refractivity contribution in [3.8, 4) is 0 Å². The lowest BCUT2D eigenvalue weighted by Gasteiger charge is -2.38. The van der Waals surface area contributed by atoms with Crippen LogP contribution in [0.4, 0.5) is 11.4 Å². The fourth-order valence-electron chi connectivity index (χ4n) is 4.89. The number of carbonyl (C=O) groups is 2. The van der Waals surface area contributed by atoms with E-state index in [9.17, 15) is 9.59 Å². The molecule has 4 rings (SSSR count). The topological polar surface area (TPSA) is 65.5 Å².